The van der Waals surface area contributed by atoms with Crippen LogP contribution in [-0.4, -0.2) is 12.5 Å². The fourth-order valence-electron chi connectivity index (χ4n) is 0.671. The van der Waals surface area contributed by atoms with Crippen LogP contribution in [0.4, 0.5) is 0 Å². The molecule has 1 amide bonds. The van der Waals surface area contributed by atoms with Gasteiger partial charge in [0.25, 0.3) is 5.91 Å². The predicted molar refractivity (Wildman–Crippen MR) is 50.0 cm³/mol. The number of nitriles is 1. The third-order valence-corrected chi connectivity index (χ3v) is 2.88. The largest absolute Gasteiger partial charge is 0.339 e. The van der Waals surface area contributed by atoms with Crippen LogP contribution in [-0.2, 0) is 0 Å². The van der Waals surface area contributed by atoms with Crippen LogP contribution in [0.25, 0.3) is 0 Å². The summed E-state index contributed by atoms with van der Waals surface area (Å²) >= 11 is 4.67. The monoisotopic (exact) mass is 244 g/mol. The van der Waals surface area contributed by atoms with Crippen molar-refractivity contribution in [1.82, 2.24) is 5.32 Å². The van der Waals surface area contributed by atoms with Crippen molar-refractivity contribution < 1.29 is 4.79 Å². The summed E-state index contributed by atoms with van der Waals surface area (Å²) < 4.78 is 0.790. The second-order valence-corrected chi connectivity index (χ2v) is 4.18. The normalized spacial score (nSPS) is 9.00. The van der Waals surface area contributed by atoms with E-state index >= 15 is 0 Å². The Morgan fingerprint density at radius 1 is 1.83 bits per heavy atom. The van der Waals surface area contributed by atoms with Gasteiger partial charge in [-0.3, -0.25) is 4.79 Å². The molecule has 1 N–H and O–H groups in total. The fourth-order valence-corrected chi connectivity index (χ4v) is 1.92. The molecule has 0 aromatic carbocycles. The average Bonchev–Trinajstić information content (AvgIpc) is 2.47. The summed E-state index contributed by atoms with van der Waals surface area (Å²) in [4.78, 5) is 11.2. The standard InChI is InChI=1S/C7H5BrN2OS/c8-6-5(1-4-12-6)7(11)10-3-2-9/h1,4H,3H2,(H,10,11). The number of hydrogen-bond acceptors (Lipinski definition) is 3. The van der Waals surface area contributed by atoms with E-state index in [1.54, 1.807) is 6.07 Å². The lowest BCUT2D eigenvalue weighted by atomic mass is 10.3. The first-order chi connectivity index (χ1) is 5.75. The number of nitrogens with zero attached hydrogens (tertiary/aromatic N) is 1. The number of halogens is 1. The summed E-state index contributed by atoms with van der Waals surface area (Å²) in [6.45, 7) is 0.0428. The molecule has 1 heterocycles. The predicted octanol–water partition coefficient (Wildman–Crippen LogP) is 1.76. The molecule has 3 nitrogen and oxygen atoms in total. The molecule has 0 radical (unpaired) electrons. The van der Waals surface area contributed by atoms with Crippen molar-refractivity contribution in [3.63, 3.8) is 0 Å². The van der Waals surface area contributed by atoms with Gasteiger partial charge in [-0.05, 0) is 27.4 Å². The topological polar surface area (TPSA) is 52.9 Å². The van der Waals surface area contributed by atoms with E-state index in [-0.39, 0.29) is 12.5 Å². The van der Waals surface area contributed by atoms with Crippen molar-refractivity contribution in [2.45, 2.75) is 0 Å². The van der Waals surface area contributed by atoms with Crippen LogP contribution in [0.5, 0.6) is 0 Å². The molecule has 0 saturated heterocycles. The number of nitrogens with one attached hydrogen (secondary N) is 1. The Labute approximate surface area is 82.1 Å². The molecule has 1 rings (SSSR count). The zero-order valence-corrected chi connectivity index (χ0v) is 8.41. The van der Waals surface area contributed by atoms with Gasteiger partial charge in [-0.25, -0.2) is 0 Å². The molecular formula is C7H5BrN2OS. The second kappa shape index (κ2) is 4.24. The van der Waals surface area contributed by atoms with Crippen molar-refractivity contribution >= 4 is 33.2 Å². The smallest absolute Gasteiger partial charge is 0.254 e. The Morgan fingerprint density at radius 3 is 3.08 bits per heavy atom. The van der Waals surface area contributed by atoms with Crippen LogP contribution in [0.15, 0.2) is 15.2 Å². The molecule has 0 atom stereocenters. The Morgan fingerprint density at radius 2 is 2.58 bits per heavy atom. The Hall–Kier alpha value is -0.860. The van der Waals surface area contributed by atoms with Crippen LogP contribution < -0.4 is 5.32 Å². The molecule has 0 aliphatic rings. The fraction of sp³-hybridized carbons (Fsp3) is 0.143. The van der Waals surface area contributed by atoms with Gasteiger partial charge in [-0.1, -0.05) is 0 Å². The summed E-state index contributed by atoms with van der Waals surface area (Å²) in [6.07, 6.45) is 0. The molecule has 12 heavy (non-hydrogen) atoms. The summed E-state index contributed by atoms with van der Waals surface area (Å²) in [5.41, 5.74) is 0.579. The van der Waals surface area contributed by atoms with Gasteiger partial charge in [0.15, 0.2) is 0 Å². The molecular weight excluding hydrogens is 240 g/mol. The SMILES string of the molecule is N#CCNC(=O)c1ccsc1Br. The van der Waals surface area contributed by atoms with Gasteiger partial charge in [0.2, 0.25) is 0 Å². The van der Waals surface area contributed by atoms with Gasteiger partial charge in [0.1, 0.15) is 6.54 Å². The summed E-state index contributed by atoms with van der Waals surface area (Å²) in [7, 11) is 0. The number of amides is 1. The maximum Gasteiger partial charge on any atom is 0.254 e. The molecule has 0 aliphatic heterocycles. The first-order valence-electron chi connectivity index (χ1n) is 3.14. The van der Waals surface area contributed by atoms with Gasteiger partial charge in [-0.15, -0.1) is 11.3 Å². The average molecular weight is 245 g/mol. The summed E-state index contributed by atoms with van der Waals surface area (Å²) in [6, 6.07) is 3.55. The minimum Gasteiger partial charge on any atom is -0.339 e. The van der Waals surface area contributed by atoms with E-state index in [2.05, 4.69) is 21.2 Å². The zero-order valence-electron chi connectivity index (χ0n) is 6.00. The molecule has 62 valence electrons. The number of rotatable bonds is 2. The van der Waals surface area contributed by atoms with Gasteiger partial charge < -0.3 is 5.32 Å². The number of hydrogen-bond donors (Lipinski definition) is 1. The molecule has 0 saturated carbocycles. The lowest BCUT2D eigenvalue weighted by Crippen LogP contribution is -2.23. The quantitative estimate of drug-likeness (QED) is 0.807. The van der Waals surface area contributed by atoms with Crippen LogP contribution in [0.3, 0.4) is 0 Å². The molecule has 0 bridgehead atoms. The minimum atomic E-state index is -0.218. The van der Waals surface area contributed by atoms with Crippen molar-refractivity contribution in [2.24, 2.45) is 0 Å². The van der Waals surface area contributed by atoms with E-state index in [0.717, 1.165) is 3.79 Å². The first kappa shape index (κ1) is 9.23. The summed E-state index contributed by atoms with van der Waals surface area (Å²) in [5.74, 6) is -0.218. The van der Waals surface area contributed by atoms with Crippen LogP contribution in [0.2, 0.25) is 0 Å². The van der Waals surface area contributed by atoms with Crippen molar-refractivity contribution in [3.05, 3.63) is 20.8 Å². The zero-order chi connectivity index (χ0) is 8.97. The van der Waals surface area contributed by atoms with E-state index in [1.807, 2.05) is 11.4 Å². The van der Waals surface area contributed by atoms with Gasteiger partial charge >= 0.3 is 0 Å². The molecule has 1 aromatic heterocycles. The van der Waals surface area contributed by atoms with E-state index < -0.39 is 0 Å². The number of carbonyl (C=O) groups is 1. The van der Waals surface area contributed by atoms with E-state index in [4.69, 9.17) is 5.26 Å². The molecule has 0 unspecified atom stereocenters. The first-order valence-corrected chi connectivity index (χ1v) is 4.81. The Bertz CT molecular complexity index is 328. The maximum atomic E-state index is 11.2. The van der Waals surface area contributed by atoms with Crippen molar-refractivity contribution in [3.8, 4) is 6.07 Å². The third-order valence-electron chi connectivity index (χ3n) is 1.19. The van der Waals surface area contributed by atoms with Crippen molar-refractivity contribution in [2.75, 3.05) is 6.54 Å². The second-order valence-electron chi connectivity index (χ2n) is 1.95. The van der Waals surface area contributed by atoms with E-state index in [0.29, 0.717) is 5.56 Å². The van der Waals surface area contributed by atoms with Crippen LogP contribution in [0.1, 0.15) is 10.4 Å². The minimum absolute atomic E-state index is 0.0428. The molecule has 5 heteroatoms. The van der Waals surface area contributed by atoms with Gasteiger partial charge in [0.05, 0.1) is 15.4 Å². The van der Waals surface area contributed by atoms with E-state index in [9.17, 15) is 4.79 Å². The highest BCUT2D eigenvalue weighted by Crippen LogP contribution is 2.22. The van der Waals surface area contributed by atoms with Crippen LogP contribution in [0, 0.1) is 11.3 Å². The van der Waals surface area contributed by atoms with Gasteiger partial charge in [0, 0.05) is 0 Å². The molecule has 1 aromatic rings. The van der Waals surface area contributed by atoms with Gasteiger partial charge in [-0.2, -0.15) is 5.26 Å². The summed E-state index contributed by atoms with van der Waals surface area (Å²) in [5, 5.41) is 12.5. The Balaban J connectivity index is 2.67. The molecule has 0 aliphatic carbocycles. The number of thiophene rings is 1. The van der Waals surface area contributed by atoms with E-state index in [1.165, 1.54) is 11.3 Å². The highest BCUT2D eigenvalue weighted by molar-refractivity contribution is 9.11. The van der Waals surface area contributed by atoms with Crippen molar-refractivity contribution in [1.29, 1.82) is 5.26 Å². The highest BCUT2D eigenvalue weighted by atomic mass is 79.9. The van der Waals surface area contributed by atoms with Crippen LogP contribution >= 0.6 is 27.3 Å². The maximum absolute atomic E-state index is 11.2. The lowest BCUT2D eigenvalue weighted by molar-refractivity contribution is 0.0958. The lowest BCUT2D eigenvalue weighted by Gasteiger charge is -1.97. The third kappa shape index (κ3) is 2.06. The highest BCUT2D eigenvalue weighted by Gasteiger charge is 2.09. The Kier molecular flexibility index (Phi) is 3.26. The molecule has 0 spiro atoms. The number of carbonyl (C=O) groups excluding carboxylic acids is 1. The molecule has 0 fully saturated rings.